The van der Waals surface area contributed by atoms with Gasteiger partial charge in [-0.05, 0) is 54.8 Å². The molecule has 0 unspecified atom stereocenters. The number of benzene rings is 2. The first kappa shape index (κ1) is 17.2. The summed E-state index contributed by atoms with van der Waals surface area (Å²) in [5, 5.41) is 0. The molecule has 0 aliphatic carbocycles. The normalized spacial score (nSPS) is 14.2. The summed E-state index contributed by atoms with van der Waals surface area (Å²) < 4.78 is 5.01. The molecule has 0 atom stereocenters. The van der Waals surface area contributed by atoms with Gasteiger partial charge < -0.3 is 4.74 Å². The van der Waals surface area contributed by atoms with Crippen LogP contribution in [-0.2, 0) is 4.74 Å². The Kier molecular flexibility index (Phi) is 5.69. The largest absolute Gasteiger partial charge is 0.462 e. The van der Waals surface area contributed by atoms with Crippen molar-refractivity contribution in [3.63, 3.8) is 0 Å². The highest BCUT2D eigenvalue weighted by Crippen LogP contribution is 2.38. The molecule has 0 saturated carbocycles. The van der Waals surface area contributed by atoms with E-state index >= 15 is 0 Å². The summed E-state index contributed by atoms with van der Waals surface area (Å²) in [6.07, 6.45) is 2.15. The van der Waals surface area contributed by atoms with Crippen molar-refractivity contribution in [2.75, 3.05) is 18.1 Å². The summed E-state index contributed by atoms with van der Waals surface area (Å²) in [7, 11) is 0. The zero-order valence-electron chi connectivity index (χ0n) is 13.9. The minimum Gasteiger partial charge on any atom is -0.462 e. The van der Waals surface area contributed by atoms with Gasteiger partial charge in [0, 0.05) is 21.3 Å². The minimum atomic E-state index is -0.269. The summed E-state index contributed by atoms with van der Waals surface area (Å²) >= 11 is 3.87. The number of carbonyl (C=O) groups is 1. The highest BCUT2D eigenvalue weighted by molar-refractivity contribution is 8.05. The Balaban J connectivity index is 1.79. The Hall–Kier alpha value is -1.65. The van der Waals surface area contributed by atoms with Gasteiger partial charge in [0.25, 0.3) is 0 Å². The Morgan fingerprint density at radius 1 is 1.04 bits per heavy atom. The first-order valence-corrected chi connectivity index (χ1v) is 10.00. The number of rotatable bonds is 4. The molecule has 2 nitrogen and oxygen atoms in total. The topological polar surface area (TPSA) is 26.3 Å². The standard InChI is InChI=1S/C20H20O2S2/c1-3-22-20(21)16-6-4-15(5-7-16)12-14(2)17-8-9-18-19(13-17)24-11-10-23-18/h4-9,12-13H,3,10-11H2,1-2H3. The number of thioether (sulfide) groups is 2. The lowest BCUT2D eigenvalue weighted by Crippen LogP contribution is -2.03. The third kappa shape index (κ3) is 4.05. The molecule has 0 aromatic heterocycles. The van der Waals surface area contributed by atoms with Gasteiger partial charge in [-0.15, -0.1) is 23.5 Å². The lowest BCUT2D eigenvalue weighted by Gasteiger charge is -2.15. The van der Waals surface area contributed by atoms with Gasteiger partial charge in [0.05, 0.1) is 12.2 Å². The highest BCUT2D eigenvalue weighted by Gasteiger charge is 2.11. The molecule has 4 heteroatoms. The van der Waals surface area contributed by atoms with Crippen LogP contribution in [0, 0.1) is 0 Å². The van der Waals surface area contributed by atoms with Crippen LogP contribution < -0.4 is 0 Å². The Morgan fingerprint density at radius 3 is 2.42 bits per heavy atom. The maximum absolute atomic E-state index is 11.7. The van der Waals surface area contributed by atoms with E-state index in [0.29, 0.717) is 12.2 Å². The van der Waals surface area contributed by atoms with E-state index in [-0.39, 0.29) is 5.97 Å². The van der Waals surface area contributed by atoms with E-state index in [1.807, 2.05) is 54.7 Å². The molecular weight excluding hydrogens is 336 g/mol. The lowest BCUT2D eigenvalue weighted by molar-refractivity contribution is 0.0526. The summed E-state index contributed by atoms with van der Waals surface area (Å²) in [5.41, 5.74) is 4.14. The number of esters is 1. The van der Waals surface area contributed by atoms with Crippen LogP contribution in [0.15, 0.2) is 52.3 Å². The van der Waals surface area contributed by atoms with Gasteiger partial charge in [0.15, 0.2) is 0 Å². The van der Waals surface area contributed by atoms with E-state index < -0.39 is 0 Å². The van der Waals surface area contributed by atoms with Crippen molar-refractivity contribution >= 4 is 41.1 Å². The fraction of sp³-hybridized carbons (Fsp3) is 0.250. The second kappa shape index (κ2) is 7.95. The first-order chi connectivity index (χ1) is 11.7. The van der Waals surface area contributed by atoms with Crippen LogP contribution in [0.5, 0.6) is 0 Å². The van der Waals surface area contributed by atoms with Crippen molar-refractivity contribution in [1.29, 1.82) is 0 Å². The van der Waals surface area contributed by atoms with Crippen LogP contribution in [0.1, 0.15) is 35.3 Å². The molecule has 124 valence electrons. The Bertz CT molecular complexity index is 764. The summed E-state index contributed by atoms with van der Waals surface area (Å²) in [6.45, 7) is 4.34. The molecule has 0 bridgehead atoms. The third-order valence-electron chi connectivity index (χ3n) is 3.80. The SMILES string of the molecule is CCOC(=O)c1ccc(C=C(C)c2ccc3c(c2)SCCS3)cc1. The summed E-state index contributed by atoms with van der Waals surface area (Å²) in [6, 6.07) is 14.2. The van der Waals surface area contributed by atoms with Gasteiger partial charge in [-0.3, -0.25) is 0 Å². The number of carbonyl (C=O) groups excluding carboxylic acids is 1. The second-order valence-electron chi connectivity index (χ2n) is 5.53. The summed E-state index contributed by atoms with van der Waals surface area (Å²) in [4.78, 5) is 14.5. The van der Waals surface area contributed by atoms with Gasteiger partial charge >= 0.3 is 5.97 Å². The maximum atomic E-state index is 11.7. The smallest absolute Gasteiger partial charge is 0.338 e. The molecule has 3 rings (SSSR count). The van der Waals surface area contributed by atoms with Crippen LogP contribution in [0.4, 0.5) is 0 Å². The van der Waals surface area contributed by atoms with E-state index in [2.05, 4.69) is 31.2 Å². The number of fused-ring (bicyclic) bond motifs is 1. The first-order valence-electron chi connectivity index (χ1n) is 8.03. The van der Waals surface area contributed by atoms with Crippen molar-refractivity contribution in [2.24, 2.45) is 0 Å². The molecule has 1 heterocycles. The van der Waals surface area contributed by atoms with Gasteiger partial charge in [0.2, 0.25) is 0 Å². The number of hydrogen-bond acceptors (Lipinski definition) is 4. The molecule has 0 spiro atoms. The average Bonchev–Trinajstić information content (AvgIpc) is 2.62. The van der Waals surface area contributed by atoms with Crippen LogP contribution in [0.3, 0.4) is 0 Å². The molecule has 0 N–H and O–H groups in total. The molecule has 2 aromatic rings. The van der Waals surface area contributed by atoms with Gasteiger partial charge in [-0.1, -0.05) is 24.3 Å². The molecule has 0 radical (unpaired) electrons. The van der Waals surface area contributed by atoms with Gasteiger partial charge in [0.1, 0.15) is 0 Å². The monoisotopic (exact) mass is 356 g/mol. The van der Waals surface area contributed by atoms with Gasteiger partial charge in [-0.25, -0.2) is 4.79 Å². The van der Waals surface area contributed by atoms with Crippen LogP contribution >= 0.6 is 23.5 Å². The zero-order chi connectivity index (χ0) is 16.9. The Morgan fingerprint density at radius 2 is 1.71 bits per heavy atom. The second-order valence-corrected chi connectivity index (χ2v) is 7.80. The molecule has 0 amide bonds. The zero-order valence-corrected chi connectivity index (χ0v) is 15.5. The lowest BCUT2D eigenvalue weighted by atomic mass is 10.0. The Labute approximate surface area is 151 Å². The van der Waals surface area contributed by atoms with Crippen molar-refractivity contribution in [1.82, 2.24) is 0 Å². The predicted octanol–water partition coefficient (Wildman–Crippen LogP) is 5.62. The van der Waals surface area contributed by atoms with E-state index in [0.717, 1.165) is 5.56 Å². The fourth-order valence-electron chi connectivity index (χ4n) is 2.55. The van der Waals surface area contributed by atoms with Crippen molar-refractivity contribution < 1.29 is 9.53 Å². The van der Waals surface area contributed by atoms with E-state index in [1.165, 1.54) is 32.4 Å². The fourth-order valence-corrected chi connectivity index (χ4v) is 4.80. The molecule has 24 heavy (non-hydrogen) atoms. The molecular formula is C20H20O2S2. The molecule has 1 aliphatic rings. The van der Waals surface area contributed by atoms with E-state index in [1.54, 1.807) is 0 Å². The molecule has 2 aromatic carbocycles. The van der Waals surface area contributed by atoms with Crippen molar-refractivity contribution in [3.05, 3.63) is 59.2 Å². The average molecular weight is 357 g/mol. The van der Waals surface area contributed by atoms with Crippen LogP contribution in [-0.4, -0.2) is 24.1 Å². The quantitative estimate of drug-likeness (QED) is 0.524. The van der Waals surface area contributed by atoms with E-state index in [4.69, 9.17) is 4.74 Å². The van der Waals surface area contributed by atoms with Crippen LogP contribution in [0.25, 0.3) is 11.6 Å². The highest BCUT2D eigenvalue weighted by atomic mass is 32.2. The van der Waals surface area contributed by atoms with Crippen molar-refractivity contribution in [3.8, 4) is 0 Å². The third-order valence-corrected chi connectivity index (χ3v) is 6.32. The number of hydrogen-bond donors (Lipinski definition) is 0. The summed E-state index contributed by atoms with van der Waals surface area (Å²) in [5.74, 6) is 2.10. The number of allylic oxidation sites excluding steroid dienone is 1. The minimum absolute atomic E-state index is 0.269. The van der Waals surface area contributed by atoms with Gasteiger partial charge in [-0.2, -0.15) is 0 Å². The number of ether oxygens (including phenoxy) is 1. The molecule has 0 saturated heterocycles. The maximum Gasteiger partial charge on any atom is 0.338 e. The molecule has 1 aliphatic heterocycles. The predicted molar refractivity (Wildman–Crippen MR) is 104 cm³/mol. The molecule has 0 fully saturated rings. The van der Waals surface area contributed by atoms with Crippen molar-refractivity contribution in [2.45, 2.75) is 23.6 Å². The van der Waals surface area contributed by atoms with Crippen LogP contribution in [0.2, 0.25) is 0 Å². The van der Waals surface area contributed by atoms with E-state index in [9.17, 15) is 4.79 Å².